The molecule has 0 spiro atoms. The lowest BCUT2D eigenvalue weighted by molar-refractivity contribution is -0.119. The van der Waals surface area contributed by atoms with Gasteiger partial charge in [0.25, 0.3) is 5.91 Å². The molecule has 2 N–H and O–H groups in total. The highest BCUT2D eigenvalue weighted by Crippen LogP contribution is 2.16. The topological polar surface area (TPSA) is 124 Å². The molecule has 0 fully saturated rings. The summed E-state index contributed by atoms with van der Waals surface area (Å²) in [6.45, 7) is 2.24. The number of carbonyl (C=O) groups is 2. The van der Waals surface area contributed by atoms with Crippen molar-refractivity contribution in [3.8, 4) is 11.6 Å². The summed E-state index contributed by atoms with van der Waals surface area (Å²) in [5.41, 5.74) is 0.769. The largest absolute Gasteiger partial charge is 0.492 e. The molecule has 0 aliphatic carbocycles. The van der Waals surface area contributed by atoms with Crippen LogP contribution in [-0.2, 0) is 4.79 Å². The van der Waals surface area contributed by atoms with Gasteiger partial charge in [0.1, 0.15) is 25.0 Å². The Hall–Kier alpha value is -3.82. The molecule has 3 aromatic rings. The number of nitrogens with zero attached hydrogens (tertiary/aromatic N) is 5. The zero-order chi connectivity index (χ0) is 19.1. The Labute approximate surface area is 154 Å². The van der Waals surface area contributed by atoms with E-state index in [1.54, 1.807) is 36.4 Å². The molecule has 2 aromatic heterocycles. The second-order valence-corrected chi connectivity index (χ2v) is 5.43. The number of ether oxygens (including phenoxy) is 1. The van der Waals surface area contributed by atoms with Gasteiger partial charge in [-0.3, -0.25) is 9.59 Å². The molecule has 0 unspecified atom stereocenters. The van der Waals surface area contributed by atoms with E-state index in [0.29, 0.717) is 30.4 Å². The van der Waals surface area contributed by atoms with Gasteiger partial charge < -0.3 is 15.4 Å². The molecule has 0 radical (unpaired) electrons. The normalized spacial score (nSPS) is 10.3. The van der Waals surface area contributed by atoms with Gasteiger partial charge in [0, 0.05) is 12.6 Å². The Bertz CT molecular complexity index is 893. The third-order valence-corrected chi connectivity index (χ3v) is 3.39. The molecule has 0 aliphatic rings. The van der Waals surface area contributed by atoms with E-state index in [4.69, 9.17) is 4.74 Å². The Morgan fingerprint density at radius 3 is 2.56 bits per heavy atom. The summed E-state index contributed by atoms with van der Waals surface area (Å²) in [4.78, 5) is 26.9. The third-order valence-electron chi connectivity index (χ3n) is 3.39. The van der Waals surface area contributed by atoms with Gasteiger partial charge in [0.2, 0.25) is 5.91 Å². The van der Waals surface area contributed by atoms with Crippen molar-refractivity contribution in [3.63, 3.8) is 0 Å². The van der Waals surface area contributed by atoms with Crippen molar-refractivity contribution in [2.45, 2.75) is 6.92 Å². The lowest BCUT2D eigenvalue weighted by Gasteiger charge is -2.08. The summed E-state index contributed by atoms with van der Waals surface area (Å²) in [6.07, 6.45) is 2.87. The minimum Gasteiger partial charge on any atom is -0.492 e. The van der Waals surface area contributed by atoms with Crippen LogP contribution in [0.1, 0.15) is 17.4 Å². The molecule has 2 amide bonds. The molecular weight excluding hydrogens is 350 g/mol. The van der Waals surface area contributed by atoms with Crippen LogP contribution in [0.2, 0.25) is 0 Å². The first-order valence-electron chi connectivity index (χ1n) is 8.09. The van der Waals surface area contributed by atoms with E-state index < -0.39 is 0 Å². The lowest BCUT2D eigenvalue weighted by Crippen LogP contribution is -2.25. The van der Waals surface area contributed by atoms with Crippen LogP contribution in [0.25, 0.3) is 5.82 Å². The zero-order valence-corrected chi connectivity index (χ0v) is 14.5. The predicted octanol–water partition coefficient (Wildman–Crippen LogP) is 0.824. The number of rotatable bonds is 7. The van der Waals surface area contributed by atoms with Crippen molar-refractivity contribution in [1.82, 2.24) is 30.3 Å². The molecule has 0 saturated heterocycles. The number of benzene rings is 1. The minimum atomic E-state index is -0.382. The number of nitrogens with one attached hydrogen (secondary N) is 2. The summed E-state index contributed by atoms with van der Waals surface area (Å²) in [5.74, 6) is 0.612. The Kier molecular flexibility index (Phi) is 5.67. The molecule has 10 heteroatoms. The average Bonchev–Trinajstić information content (AvgIpc) is 3.21. The highest BCUT2D eigenvalue weighted by molar-refractivity contribution is 6.02. The molecule has 0 saturated carbocycles. The summed E-state index contributed by atoms with van der Waals surface area (Å²) in [7, 11) is 0. The van der Waals surface area contributed by atoms with E-state index in [-0.39, 0.29) is 17.5 Å². The first kappa shape index (κ1) is 18.0. The third kappa shape index (κ3) is 5.08. The van der Waals surface area contributed by atoms with Crippen molar-refractivity contribution in [3.05, 3.63) is 54.7 Å². The number of amides is 2. The van der Waals surface area contributed by atoms with Crippen LogP contribution in [-0.4, -0.2) is 49.9 Å². The van der Waals surface area contributed by atoms with E-state index in [9.17, 15) is 9.59 Å². The standard InChI is InChI=1S/C17H17N7O3/c1-12(25)19-8-9-27-14-4-2-13(3-5-14)21-17(26)15-6-7-16(23-22-15)24-11-18-10-20-24/h2-7,10-11H,8-9H2,1H3,(H,19,25)(H,21,26). The SMILES string of the molecule is CC(=O)NCCOc1ccc(NC(=O)c2ccc(-n3cncn3)nn2)cc1. The number of carbonyl (C=O) groups excluding carboxylic acids is 2. The maximum absolute atomic E-state index is 12.3. The minimum absolute atomic E-state index is 0.103. The fraction of sp³-hybridized carbons (Fsp3) is 0.176. The van der Waals surface area contributed by atoms with E-state index in [1.807, 2.05) is 0 Å². The predicted molar refractivity (Wildman–Crippen MR) is 95.5 cm³/mol. The smallest absolute Gasteiger partial charge is 0.276 e. The van der Waals surface area contributed by atoms with Gasteiger partial charge in [-0.15, -0.1) is 10.2 Å². The van der Waals surface area contributed by atoms with Crippen LogP contribution in [0.4, 0.5) is 5.69 Å². The van der Waals surface area contributed by atoms with Crippen LogP contribution >= 0.6 is 0 Å². The van der Waals surface area contributed by atoms with Gasteiger partial charge in [-0.2, -0.15) is 5.10 Å². The number of aromatic nitrogens is 5. The van der Waals surface area contributed by atoms with Crippen LogP contribution in [0, 0.1) is 0 Å². The molecular formula is C17H17N7O3. The maximum Gasteiger partial charge on any atom is 0.276 e. The number of hydrogen-bond acceptors (Lipinski definition) is 7. The second kappa shape index (κ2) is 8.52. The van der Waals surface area contributed by atoms with E-state index >= 15 is 0 Å². The monoisotopic (exact) mass is 367 g/mol. The highest BCUT2D eigenvalue weighted by atomic mass is 16.5. The first-order chi connectivity index (χ1) is 13.1. The van der Waals surface area contributed by atoms with Crippen molar-refractivity contribution >= 4 is 17.5 Å². The van der Waals surface area contributed by atoms with Gasteiger partial charge in [-0.25, -0.2) is 9.67 Å². The van der Waals surface area contributed by atoms with Gasteiger partial charge in [0.15, 0.2) is 11.5 Å². The average molecular weight is 367 g/mol. The second-order valence-electron chi connectivity index (χ2n) is 5.43. The molecule has 0 bridgehead atoms. The summed E-state index contributed by atoms with van der Waals surface area (Å²) >= 11 is 0. The molecule has 1 aromatic carbocycles. The summed E-state index contributed by atoms with van der Waals surface area (Å²) < 4.78 is 6.93. The Balaban J connectivity index is 1.53. The molecule has 0 atom stereocenters. The number of hydrogen-bond donors (Lipinski definition) is 2. The lowest BCUT2D eigenvalue weighted by atomic mass is 10.3. The van der Waals surface area contributed by atoms with Gasteiger partial charge >= 0.3 is 0 Å². The van der Waals surface area contributed by atoms with Gasteiger partial charge in [0.05, 0.1) is 6.54 Å². The van der Waals surface area contributed by atoms with E-state index in [0.717, 1.165) is 0 Å². The fourth-order valence-electron chi connectivity index (χ4n) is 2.12. The highest BCUT2D eigenvalue weighted by Gasteiger charge is 2.09. The van der Waals surface area contributed by atoms with E-state index in [1.165, 1.54) is 24.3 Å². The molecule has 3 rings (SSSR count). The van der Waals surface area contributed by atoms with Crippen molar-refractivity contribution in [2.75, 3.05) is 18.5 Å². The van der Waals surface area contributed by atoms with Crippen LogP contribution in [0.15, 0.2) is 49.1 Å². The Morgan fingerprint density at radius 2 is 1.93 bits per heavy atom. The molecule has 0 aliphatic heterocycles. The van der Waals surface area contributed by atoms with Crippen molar-refractivity contribution in [1.29, 1.82) is 0 Å². The first-order valence-corrected chi connectivity index (χ1v) is 8.09. The van der Waals surface area contributed by atoms with Crippen molar-refractivity contribution < 1.29 is 14.3 Å². The fourth-order valence-corrected chi connectivity index (χ4v) is 2.12. The molecule has 10 nitrogen and oxygen atoms in total. The molecule has 138 valence electrons. The van der Waals surface area contributed by atoms with Gasteiger partial charge in [-0.05, 0) is 36.4 Å². The van der Waals surface area contributed by atoms with Crippen LogP contribution in [0.3, 0.4) is 0 Å². The number of anilines is 1. The summed E-state index contributed by atoms with van der Waals surface area (Å²) in [6, 6.07) is 10.1. The molecule has 27 heavy (non-hydrogen) atoms. The summed E-state index contributed by atoms with van der Waals surface area (Å²) in [5, 5.41) is 17.2. The molecule has 2 heterocycles. The van der Waals surface area contributed by atoms with E-state index in [2.05, 4.69) is 30.9 Å². The van der Waals surface area contributed by atoms with Crippen molar-refractivity contribution in [2.24, 2.45) is 0 Å². The maximum atomic E-state index is 12.3. The van der Waals surface area contributed by atoms with Crippen LogP contribution in [0.5, 0.6) is 5.75 Å². The zero-order valence-electron chi connectivity index (χ0n) is 14.5. The van der Waals surface area contributed by atoms with Gasteiger partial charge in [-0.1, -0.05) is 0 Å². The quantitative estimate of drug-likeness (QED) is 0.593. The Morgan fingerprint density at radius 1 is 1.11 bits per heavy atom. The van der Waals surface area contributed by atoms with Crippen LogP contribution < -0.4 is 15.4 Å².